The Morgan fingerprint density at radius 1 is 1.07 bits per heavy atom. The molecule has 156 valence electrons. The fraction of sp³-hybridized carbons (Fsp3) is 0.739. The summed E-state index contributed by atoms with van der Waals surface area (Å²) in [5.41, 5.74) is 1.24. The van der Waals surface area contributed by atoms with Gasteiger partial charge in [0.05, 0.1) is 19.8 Å². The lowest BCUT2D eigenvalue weighted by Gasteiger charge is -2.37. The number of β-amino-alcohol motifs (C(OH)–C–C–N with tert-alkyl or cyclic N) is 1. The van der Waals surface area contributed by atoms with Gasteiger partial charge in [0.15, 0.2) is 0 Å². The van der Waals surface area contributed by atoms with Crippen molar-refractivity contribution in [3.63, 3.8) is 0 Å². The number of piperazine rings is 1. The molecule has 0 spiro atoms. The van der Waals surface area contributed by atoms with E-state index in [1.807, 2.05) is 12.1 Å². The highest BCUT2D eigenvalue weighted by molar-refractivity contribution is 5.49. The maximum Gasteiger partial charge on any atom is 0.119 e. The fourth-order valence-electron chi connectivity index (χ4n) is 5.52. The van der Waals surface area contributed by atoms with Crippen molar-refractivity contribution >= 4 is 5.69 Å². The van der Waals surface area contributed by atoms with Crippen LogP contribution < -0.4 is 9.64 Å². The molecule has 2 saturated carbocycles. The van der Waals surface area contributed by atoms with Crippen LogP contribution in [-0.4, -0.2) is 69.2 Å². The van der Waals surface area contributed by atoms with Crippen LogP contribution in [-0.2, 0) is 4.74 Å². The second-order valence-corrected chi connectivity index (χ2v) is 8.94. The number of benzene rings is 1. The molecule has 1 N–H and O–H groups in total. The second-order valence-electron chi connectivity index (χ2n) is 8.94. The summed E-state index contributed by atoms with van der Waals surface area (Å²) in [6.45, 7) is 5.94. The van der Waals surface area contributed by atoms with Crippen LogP contribution in [0.1, 0.15) is 32.1 Å². The highest BCUT2D eigenvalue weighted by Gasteiger charge is 2.38. The molecule has 1 saturated heterocycles. The van der Waals surface area contributed by atoms with Gasteiger partial charge in [-0.15, -0.1) is 0 Å². The third-order valence-electron chi connectivity index (χ3n) is 7.11. The molecule has 4 atom stereocenters. The zero-order valence-electron chi connectivity index (χ0n) is 17.3. The summed E-state index contributed by atoms with van der Waals surface area (Å²) in [4.78, 5) is 4.75. The largest absolute Gasteiger partial charge is 0.497 e. The van der Waals surface area contributed by atoms with Crippen molar-refractivity contribution in [2.24, 2.45) is 17.8 Å². The Hall–Kier alpha value is -1.30. The zero-order valence-corrected chi connectivity index (χ0v) is 17.3. The third-order valence-corrected chi connectivity index (χ3v) is 7.11. The fourth-order valence-corrected chi connectivity index (χ4v) is 5.52. The van der Waals surface area contributed by atoms with Crippen molar-refractivity contribution in [1.82, 2.24) is 4.90 Å². The van der Waals surface area contributed by atoms with Crippen molar-refractivity contribution in [1.29, 1.82) is 0 Å². The van der Waals surface area contributed by atoms with Gasteiger partial charge in [0.1, 0.15) is 5.75 Å². The zero-order chi connectivity index (χ0) is 19.3. The maximum absolute atomic E-state index is 10.3. The van der Waals surface area contributed by atoms with E-state index in [2.05, 4.69) is 21.9 Å². The highest BCUT2D eigenvalue weighted by Crippen LogP contribution is 2.49. The van der Waals surface area contributed by atoms with Gasteiger partial charge in [0.25, 0.3) is 0 Å². The van der Waals surface area contributed by atoms with Crippen molar-refractivity contribution in [3.8, 4) is 5.75 Å². The molecule has 28 heavy (non-hydrogen) atoms. The molecule has 2 aliphatic carbocycles. The number of fused-ring (bicyclic) bond motifs is 2. The monoisotopic (exact) mass is 388 g/mol. The molecule has 1 aromatic carbocycles. The Labute approximate surface area is 169 Å². The number of aliphatic hydroxyl groups is 1. The molecular weight excluding hydrogens is 352 g/mol. The Balaban J connectivity index is 1.10. The molecule has 5 heteroatoms. The Kier molecular flexibility index (Phi) is 6.76. The quantitative estimate of drug-likeness (QED) is 0.659. The number of ether oxygens (including phenoxy) is 2. The topological polar surface area (TPSA) is 45.2 Å². The van der Waals surface area contributed by atoms with E-state index in [4.69, 9.17) is 9.47 Å². The summed E-state index contributed by atoms with van der Waals surface area (Å²) >= 11 is 0. The molecule has 3 aliphatic rings. The number of anilines is 1. The molecule has 0 unspecified atom stereocenters. The van der Waals surface area contributed by atoms with Crippen molar-refractivity contribution in [2.75, 3.05) is 57.9 Å². The molecule has 3 fully saturated rings. The van der Waals surface area contributed by atoms with E-state index >= 15 is 0 Å². The number of rotatable bonds is 9. The number of hydrogen-bond donors (Lipinski definition) is 1. The first kappa shape index (κ1) is 20.0. The molecule has 0 aromatic heterocycles. The molecule has 1 aromatic rings. The average Bonchev–Trinajstić information content (AvgIpc) is 3.35. The molecule has 1 aliphatic heterocycles. The van der Waals surface area contributed by atoms with Crippen molar-refractivity contribution in [3.05, 3.63) is 24.3 Å². The van der Waals surface area contributed by atoms with E-state index < -0.39 is 0 Å². The molecule has 0 radical (unpaired) electrons. The molecule has 1 heterocycles. The highest BCUT2D eigenvalue weighted by atomic mass is 16.5. The van der Waals surface area contributed by atoms with Crippen LogP contribution in [0, 0.1) is 17.8 Å². The summed E-state index contributed by atoms with van der Waals surface area (Å²) in [5, 5.41) is 10.3. The molecule has 0 amide bonds. The van der Waals surface area contributed by atoms with Gasteiger partial charge >= 0.3 is 0 Å². The van der Waals surface area contributed by atoms with E-state index in [0.29, 0.717) is 13.2 Å². The number of methoxy groups -OCH3 is 1. The SMILES string of the molecule is COc1ccc(N2CCN(C[C@H](O)COCC[C@@H]3C[C@H]4CC[C@H]3C4)CC2)cc1. The van der Waals surface area contributed by atoms with Crippen LogP contribution in [0.15, 0.2) is 24.3 Å². The molecule has 2 bridgehead atoms. The maximum atomic E-state index is 10.3. The summed E-state index contributed by atoms with van der Waals surface area (Å²) in [7, 11) is 1.70. The van der Waals surface area contributed by atoms with Gasteiger partial charge in [0.2, 0.25) is 0 Å². The van der Waals surface area contributed by atoms with Gasteiger partial charge in [0, 0.05) is 45.0 Å². The Morgan fingerprint density at radius 2 is 1.86 bits per heavy atom. The van der Waals surface area contributed by atoms with Gasteiger partial charge in [-0.05, 0) is 67.7 Å². The lowest BCUT2D eigenvalue weighted by molar-refractivity contribution is 0.0100. The predicted molar refractivity (Wildman–Crippen MR) is 112 cm³/mol. The van der Waals surface area contributed by atoms with Crippen LogP contribution >= 0.6 is 0 Å². The summed E-state index contributed by atoms with van der Waals surface area (Å²) in [5.74, 6) is 3.77. The number of aliphatic hydroxyl groups excluding tert-OH is 1. The van der Waals surface area contributed by atoms with E-state index in [1.54, 1.807) is 7.11 Å². The van der Waals surface area contributed by atoms with Crippen molar-refractivity contribution < 1.29 is 14.6 Å². The van der Waals surface area contributed by atoms with Gasteiger partial charge in [-0.2, -0.15) is 0 Å². The van der Waals surface area contributed by atoms with Crippen LogP contribution in [0.2, 0.25) is 0 Å². The lowest BCUT2D eigenvalue weighted by atomic mass is 9.87. The third kappa shape index (κ3) is 5.00. The molecule has 4 rings (SSSR count). The number of nitrogens with zero attached hydrogens (tertiary/aromatic N) is 2. The normalized spacial score (nSPS) is 28.6. The lowest BCUT2D eigenvalue weighted by Crippen LogP contribution is -2.49. The minimum Gasteiger partial charge on any atom is -0.497 e. The van der Waals surface area contributed by atoms with Crippen LogP contribution in [0.4, 0.5) is 5.69 Å². The first-order valence-electron chi connectivity index (χ1n) is 11.1. The predicted octanol–water partition coefficient (Wildman–Crippen LogP) is 3.02. The van der Waals surface area contributed by atoms with E-state index in [1.165, 1.54) is 37.8 Å². The van der Waals surface area contributed by atoms with Gasteiger partial charge in [-0.25, -0.2) is 0 Å². The van der Waals surface area contributed by atoms with Crippen LogP contribution in [0.25, 0.3) is 0 Å². The van der Waals surface area contributed by atoms with Gasteiger partial charge < -0.3 is 19.5 Å². The molecular formula is C23H36N2O3. The second kappa shape index (κ2) is 9.47. The summed E-state index contributed by atoms with van der Waals surface area (Å²) < 4.78 is 11.1. The van der Waals surface area contributed by atoms with E-state index in [9.17, 15) is 5.11 Å². The first-order chi connectivity index (χ1) is 13.7. The summed E-state index contributed by atoms with van der Waals surface area (Å²) in [6, 6.07) is 8.26. The van der Waals surface area contributed by atoms with Crippen LogP contribution in [0.3, 0.4) is 0 Å². The van der Waals surface area contributed by atoms with Gasteiger partial charge in [-0.3, -0.25) is 4.90 Å². The summed E-state index contributed by atoms with van der Waals surface area (Å²) in [6.07, 6.45) is 6.61. The van der Waals surface area contributed by atoms with E-state index in [0.717, 1.165) is 56.3 Å². The minimum atomic E-state index is -0.382. The minimum absolute atomic E-state index is 0.382. The Bertz CT molecular complexity index is 600. The van der Waals surface area contributed by atoms with E-state index in [-0.39, 0.29) is 6.10 Å². The first-order valence-corrected chi connectivity index (χ1v) is 11.1. The average molecular weight is 389 g/mol. The Morgan fingerprint density at radius 3 is 2.50 bits per heavy atom. The van der Waals surface area contributed by atoms with Crippen molar-refractivity contribution in [2.45, 2.75) is 38.2 Å². The standard InChI is InChI=1S/C23H36N2O3/c1-27-23-6-4-21(5-7-23)25-11-9-24(10-12-25)16-22(26)17-28-13-8-20-15-18-2-3-19(20)14-18/h4-7,18-20,22,26H,2-3,8-17H2,1H3/t18-,19-,20+,22-/m0/s1. The molecule has 5 nitrogen and oxygen atoms in total. The smallest absolute Gasteiger partial charge is 0.119 e. The van der Waals surface area contributed by atoms with Gasteiger partial charge in [-0.1, -0.05) is 6.42 Å². The number of hydrogen-bond acceptors (Lipinski definition) is 5. The van der Waals surface area contributed by atoms with Crippen LogP contribution in [0.5, 0.6) is 5.75 Å².